The van der Waals surface area contributed by atoms with Gasteiger partial charge in [0.15, 0.2) is 0 Å². The summed E-state index contributed by atoms with van der Waals surface area (Å²) in [5, 5.41) is 10.0. The average Bonchev–Trinajstić information content (AvgIpc) is 2.46. The fourth-order valence-corrected chi connectivity index (χ4v) is 2.65. The summed E-state index contributed by atoms with van der Waals surface area (Å²) in [4.78, 5) is 18.1. The number of halogens is 1. The molecule has 0 saturated carbocycles. The van der Waals surface area contributed by atoms with Gasteiger partial charge in [0, 0.05) is 30.9 Å². The van der Waals surface area contributed by atoms with E-state index in [0.717, 1.165) is 19.3 Å². The third-order valence-electron chi connectivity index (χ3n) is 4.14. The standard InChI is InChI=1S/C14H19ClN2O2/c1-2-14(10-18)4-7-17(8-5-14)13(19)12-9-11(15)3-6-16-12/h3,6,9,18H,2,4-5,7-8,10H2,1H3. The monoisotopic (exact) mass is 282 g/mol. The van der Waals surface area contributed by atoms with Gasteiger partial charge in [-0.15, -0.1) is 0 Å². The predicted molar refractivity (Wildman–Crippen MR) is 74.2 cm³/mol. The number of likely N-dealkylation sites (tertiary alicyclic amines) is 1. The van der Waals surface area contributed by atoms with Gasteiger partial charge in [-0.05, 0) is 36.8 Å². The number of hydrogen-bond donors (Lipinski definition) is 1. The Hall–Kier alpha value is -1.13. The summed E-state index contributed by atoms with van der Waals surface area (Å²) in [5.74, 6) is -0.0786. The van der Waals surface area contributed by atoms with Crippen molar-refractivity contribution in [1.82, 2.24) is 9.88 Å². The lowest BCUT2D eigenvalue weighted by atomic mass is 9.77. The Balaban J connectivity index is 2.04. The molecule has 1 fully saturated rings. The van der Waals surface area contributed by atoms with Crippen LogP contribution in [0.2, 0.25) is 5.02 Å². The smallest absolute Gasteiger partial charge is 0.272 e. The molecule has 1 saturated heterocycles. The Kier molecular flexibility index (Phi) is 4.42. The summed E-state index contributed by atoms with van der Waals surface area (Å²) in [6.07, 6.45) is 4.17. The van der Waals surface area contributed by atoms with Crippen molar-refractivity contribution in [3.63, 3.8) is 0 Å². The van der Waals surface area contributed by atoms with Crippen LogP contribution in [-0.2, 0) is 0 Å². The zero-order valence-corrected chi connectivity index (χ0v) is 11.9. The molecule has 1 aromatic rings. The second-order valence-corrected chi connectivity index (χ2v) is 5.60. The number of hydrogen-bond acceptors (Lipinski definition) is 3. The fourth-order valence-electron chi connectivity index (χ4n) is 2.49. The highest BCUT2D eigenvalue weighted by atomic mass is 35.5. The number of aromatic nitrogens is 1. The number of carbonyl (C=O) groups is 1. The molecule has 0 radical (unpaired) electrons. The molecule has 1 amide bonds. The summed E-state index contributed by atoms with van der Waals surface area (Å²) >= 11 is 5.87. The second-order valence-electron chi connectivity index (χ2n) is 5.16. The number of carbonyl (C=O) groups excluding carboxylic acids is 1. The SMILES string of the molecule is CCC1(CO)CCN(C(=O)c2cc(Cl)ccn2)CC1. The Morgan fingerprint density at radius 3 is 2.74 bits per heavy atom. The summed E-state index contributed by atoms with van der Waals surface area (Å²) < 4.78 is 0. The normalized spacial score (nSPS) is 18.4. The lowest BCUT2D eigenvalue weighted by Crippen LogP contribution is -2.44. The van der Waals surface area contributed by atoms with Crippen LogP contribution >= 0.6 is 11.6 Å². The van der Waals surface area contributed by atoms with Crippen LogP contribution < -0.4 is 0 Å². The fraction of sp³-hybridized carbons (Fsp3) is 0.571. The molecule has 0 aliphatic carbocycles. The first-order valence-corrected chi connectivity index (χ1v) is 7.00. The number of aliphatic hydroxyl groups is 1. The van der Waals surface area contributed by atoms with E-state index in [-0.39, 0.29) is 17.9 Å². The molecule has 0 spiro atoms. The highest BCUT2D eigenvalue weighted by Crippen LogP contribution is 2.34. The Labute approximate surface area is 118 Å². The zero-order chi connectivity index (χ0) is 13.9. The van der Waals surface area contributed by atoms with Crippen molar-refractivity contribution < 1.29 is 9.90 Å². The highest BCUT2D eigenvalue weighted by molar-refractivity contribution is 6.30. The van der Waals surface area contributed by atoms with Crippen LogP contribution in [-0.4, -0.2) is 40.6 Å². The van der Waals surface area contributed by atoms with Crippen LogP contribution in [0.4, 0.5) is 0 Å². The molecule has 0 bridgehead atoms. The molecule has 2 heterocycles. The molecule has 1 aromatic heterocycles. The Morgan fingerprint density at radius 2 is 2.21 bits per heavy atom. The van der Waals surface area contributed by atoms with E-state index in [9.17, 15) is 9.90 Å². The largest absolute Gasteiger partial charge is 0.396 e. The maximum atomic E-state index is 12.3. The van der Waals surface area contributed by atoms with Crippen molar-refractivity contribution in [2.75, 3.05) is 19.7 Å². The minimum atomic E-state index is -0.0786. The number of rotatable bonds is 3. The summed E-state index contributed by atoms with van der Waals surface area (Å²) in [6.45, 7) is 3.62. The maximum absolute atomic E-state index is 12.3. The molecule has 4 nitrogen and oxygen atoms in total. The molecule has 0 aromatic carbocycles. The molecular formula is C14H19ClN2O2. The van der Waals surface area contributed by atoms with Gasteiger partial charge in [0.05, 0.1) is 0 Å². The molecular weight excluding hydrogens is 264 g/mol. The van der Waals surface area contributed by atoms with Crippen LogP contribution in [0.1, 0.15) is 36.7 Å². The van der Waals surface area contributed by atoms with Crippen LogP contribution in [0.25, 0.3) is 0 Å². The van der Waals surface area contributed by atoms with Crippen LogP contribution in [0.3, 0.4) is 0 Å². The number of pyridine rings is 1. The van der Waals surface area contributed by atoms with Crippen molar-refractivity contribution in [2.45, 2.75) is 26.2 Å². The van der Waals surface area contributed by atoms with Crippen LogP contribution in [0.5, 0.6) is 0 Å². The van der Waals surface area contributed by atoms with Gasteiger partial charge < -0.3 is 10.0 Å². The van der Waals surface area contributed by atoms with Crippen molar-refractivity contribution >= 4 is 17.5 Å². The molecule has 0 atom stereocenters. The first kappa shape index (κ1) is 14.3. The summed E-state index contributed by atoms with van der Waals surface area (Å²) in [7, 11) is 0. The van der Waals surface area contributed by atoms with Gasteiger partial charge >= 0.3 is 0 Å². The Morgan fingerprint density at radius 1 is 1.53 bits per heavy atom. The number of piperidine rings is 1. The molecule has 1 aliphatic rings. The van der Waals surface area contributed by atoms with E-state index in [2.05, 4.69) is 11.9 Å². The number of aliphatic hydroxyl groups excluding tert-OH is 1. The third-order valence-corrected chi connectivity index (χ3v) is 4.37. The molecule has 1 aliphatic heterocycles. The highest BCUT2D eigenvalue weighted by Gasteiger charge is 2.34. The van der Waals surface area contributed by atoms with Crippen molar-refractivity contribution in [2.24, 2.45) is 5.41 Å². The molecule has 5 heteroatoms. The topological polar surface area (TPSA) is 53.4 Å². The lowest BCUT2D eigenvalue weighted by molar-refractivity contribution is 0.0335. The van der Waals surface area contributed by atoms with Gasteiger partial charge in [-0.3, -0.25) is 9.78 Å². The van der Waals surface area contributed by atoms with E-state index in [1.165, 1.54) is 0 Å². The van der Waals surface area contributed by atoms with Gasteiger partial charge in [0.25, 0.3) is 5.91 Å². The van der Waals surface area contributed by atoms with E-state index in [1.54, 1.807) is 23.2 Å². The number of amides is 1. The first-order valence-electron chi connectivity index (χ1n) is 6.62. The first-order chi connectivity index (χ1) is 9.10. The van der Waals surface area contributed by atoms with E-state index < -0.39 is 0 Å². The van der Waals surface area contributed by atoms with Crippen LogP contribution in [0.15, 0.2) is 18.3 Å². The number of nitrogens with zero attached hydrogens (tertiary/aromatic N) is 2. The average molecular weight is 283 g/mol. The van der Waals surface area contributed by atoms with Crippen molar-refractivity contribution in [3.8, 4) is 0 Å². The molecule has 0 unspecified atom stereocenters. The third kappa shape index (κ3) is 3.07. The minimum absolute atomic E-state index is 0.0153. The summed E-state index contributed by atoms with van der Waals surface area (Å²) in [5.41, 5.74) is 0.374. The minimum Gasteiger partial charge on any atom is -0.396 e. The predicted octanol–water partition coefficient (Wildman–Crippen LogP) is 2.36. The molecule has 2 rings (SSSR count). The van der Waals surface area contributed by atoms with Gasteiger partial charge in [-0.1, -0.05) is 18.5 Å². The molecule has 104 valence electrons. The van der Waals surface area contributed by atoms with Gasteiger partial charge in [-0.2, -0.15) is 0 Å². The van der Waals surface area contributed by atoms with E-state index in [0.29, 0.717) is 23.8 Å². The Bertz CT molecular complexity index is 451. The van der Waals surface area contributed by atoms with Gasteiger partial charge in [-0.25, -0.2) is 0 Å². The molecule has 1 N–H and O–H groups in total. The van der Waals surface area contributed by atoms with E-state index >= 15 is 0 Å². The van der Waals surface area contributed by atoms with E-state index in [1.807, 2.05) is 0 Å². The van der Waals surface area contributed by atoms with Gasteiger partial charge in [0.2, 0.25) is 0 Å². The lowest BCUT2D eigenvalue weighted by Gasteiger charge is -2.40. The van der Waals surface area contributed by atoms with Gasteiger partial charge in [0.1, 0.15) is 5.69 Å². The summed E-state index contributed by atoms with van der Waals surface area (Å²) in [6, 6.07) is 3.25. The molecule has 19 heavy (non-hydrogen) atoms. The van der Waals surface area contributed by atoms with Crippen molar-refractivity contribution in [3.05, 3.63) is 29.0 Å². The zero-order valence-electron chi connectivity index (χ0n) is 11.1. The van der Waals surface area contributed by atoms with Crippen molar-refractivity contribution in [1.29, 1.82) is 0 Å². The quantitative estimate of drug-likeness (QED) is 0.926. The second kappa shape index (κ2) is 5.88. The maximum Gasteiger partial charge on any atom is 0.272 e. The van der Waals surface area contributed by atoms with E-state index in [4.69, 9.17) is 11.6 Å². The van der Waals surface area contributed by atoms with Crippen LogP contribution in [0, 0.1) is 5.41 Å².